The van der Waals surface area contributed by atoms with Gasteiger partial charge in [-0.05, 0) is 32.0 Å². The molecule has 4 rings (SSSR count). The van der Waals surface area contributed by atoms with Gasteiger partial charge in [-0.2, -0.15) is 0 Å². The van der Waals surface area contributed by atoms with Gasteiger partial charge in [0.1, 0.15) is 24.0 Å². The Kier molecular flexibility index (Phi) is 6.13. The van der Waals surface area contributed by atoms with Crippen LogP contribution in [0.1, 0.15) is 42.9 Å². The number of benzene rings is 1. The number of halogens is 1. The van der Waals surface area contributed by atoms with E-state index in [2.05, 4.69) is 17.3 Å². The SMILES string of the molecule is CC(=O)N1CCC[C@H]1c1nc2c(c(NCCOc3cccc(F)c3)n1)CN(C)CC2. The van der Waals surface area contributed by atoms with Crippen molar-refractivity contribution in [1.82, 2.24) is 19.8 Å². The lowest BCUT2D eigenvalue weighted by molar-refractivity contribution is -0.129. The Morgan fingerprint density at radius 1 is 1.33 bits per heavy atom. The number of amides is 1. The number of nitrogens with one attached hydrogen (secondary N) is 1. The van der Waals surface area contributed by atoms with Crippen molar-refractivity contribution in [3.8, 4) is 5.75 Å². The quantitative estimate of drug-likeness (QED) is 0.735. The summed E-state index contributed by atoms with van der Waals surface area (Å²) in [6.45, 7) is 5.01. The molecule has 2 aliphatic heterocycles. The summed E-state index contributed by atoms with van der Waals surface area (Å²) < 4.78 is 18.9. The predicted octanol–water partition coefficient (Wildman–Crippen LogP) is 2.78. The topological polar surface area (TPSA) is 70.6 Å². The van der Waals surface area contributed by atoms with Crippen molar-refractivity contribution in [2.24, 2.45) is 0 Å². The number of hydrogen-bond acceptors (Lipinski definition) is 6. The van der Waals surface area contributed by atoms with Gasteiger partial charge in [0.15, 0.2) is 5.82 Å². The molecule has 0 aliphatic carbocycles. The van der Waals surface area contributed by atoms with E-state index in [1.807, 2.05) is 4.90 Å². The molecular weight excluding hydrogens is 385 g/mol. The summed E-state index contributed by atoms with van der Waals surface area (Å²) >= 11 is 0. The first-order valence-corrected chi connectivity index (χ1v) is 10.5. The summed E-state index contributed by atoms with van der Waals surface area (Å²) in [6, 6.07) is 6.07. The number of hydrogen-bond donors (Lipinski definition) is 1. The number of carbonyl (C=O) groups excluding carboxylic acids is 1. The predicted molar refractivity (Wildman–Crippen MR) is 112 cm³/mol. The first kappa shape index (κ1) is 20.5. The van der Waals surface area contributed by atoms with Crippen molar-refractivity contribution in [3.05, 3.63) is 47.2 Å². The van der Waals surface area contributed by atoms with Crippen LogP contribution in [0.5, 0.6) is 5.75 Å². The zero-order valence-electron chi connectivity index (χ0n) is 17.5. The maximum absolute atomic E-state index is 13.3. The van der Waals surface area contributed by atoms with E-state index >= 15 is 0 Å². The van der Waals surface area contributed by atoms with Gasteiger partial charge in [0.2, 0.25) is 5.91 Å². The van der Waals surface area contributed by atoms with Crippen LogP contribution in [0, 0.1) is 5.82 Å². The second-order valence-electron chi connectivity index (χ2n) is 7.95. The fraction of sp³-hybridized carbons (Fsp3) is 0.500. The van der Waals surface area contributed by atoms with Crippen LogP contribution < -0.4 is 10.1 Å². The van der Waals surface area contributed by atoms with Gasteiger partial charge in [0.25, 0.3) is 0 Å². The lowest BCUT2D eigenvalue weighted by Crippen LogP contribution is -2.32. The van der Waals surface area contributed by atoms with Gasteiger partial charge in [-0.25, -0.2) is 14.4 Å². The van der Waals surface area contributed by atoms with Gasteiger partial charge in [-0.3, -0.25) is 4.79 Å². The van der Waals surface area contributed by atoms with Gasteiger partial charge >= 0.3 is 0 Å². The number of nitrogens with zero attached hydrogens (tertiary/aromatic N) is 4. The number of anilines is 1. The van der Waals surface area contributed by atoms with E-state index in [1.54, 1.807) is 19.1 Å². The van der Waals surface area contributed by atoms with Crippen LogP contribution in [0.25, 0.3) is 0 Å². The largest absolute Gasteiger partial charge is 0.492 e. The molecule has 0 saturated carbocycles. The van der Waals surface area contributed by atoms with Crippen LogP contribution >= 0.6 is 0 Å². The molecule has 0 spiro atoms. The zero-order chi connectivity index (χ0) is 21.1. The number of aromatic nitrogens is 2. The van der Waals surface area contributed by atoms with E-state index in [9.17, 15) is 9.18 Å². The Morgan fingerprint density at radius 3 is 3.00 bits per heavy atom. The molecule has 2 aromatic rings. The molecule has 160 valence electrons. The van der Waals surface area contributed by atoms with Crippen LogP contribution in [0.3, 0.4) is 0 Å². The zero-order valence-corrected chi connectivity index (χ0v) is 17.5. The number of fused-ring (bicyclic) bond motifs is 1. The number of carbonyl (C=O) groups is 1. The highest BCUT2D eigenvalue weighted by atomic mass is 19.1. The molecule has 1 N–H and O–H groups in total. The molecule has 3 heterocycles. The molecule has 1 fully saturated rings. The highest BCUT2D eigenvalue weighted by molar-refractivity contribution is 5.74. The van der Waals surface area contributed by atoms with Gasteiger partial charge in [0.05, 0.1) is 18.3 Å². The van der Waals surface area contributed by atoms with Gasteiger partial charge < -0.3 is 19.9 Å². The Morgan fingerprint density at radius 2 is 2.20 bits per heavy atom. The molecule has 30 heavy (non-hydrogen) atoms. The maximum atomic E-state index is 13.3. The average molecular weight is 413 g/mol. The van der Waals surface area contributed by atoms with Gasteiger partial charge in [0, 0.05) is 44.6 Å². The molecule has 1 saturated heterocycles. The third-order valence-electron chi connectivity index (χ3n) is 5.68. The summed E-state index contributed by atoms with van der Waals surface area (Å²) in [7, 11) is 2.09. The van der Waals surface area contributed by atoms with E-state index in [4.69, 9.17) is 14.7 Å². The third-order valence-corrected chi connectivity index (χ3v) is 5.68. The molecular formula is C22H28FN5O2. The molecule has 0 bridgehead atoms. The van der Waals surface area contributed by atoms with Crippen LogP contribution in [-0.4, -0.2) is 59.0 Å². The lowest BCUT2D eigenvalue weighted by Gasteiger charge is -2.28. The summed E-state index contributed by atoms with van der Waals surface area (Å²) in [5.41, 5.74) is 2.16. The molecule has 1 aromatic carbocycles. The normalized spacial score (nSPS) is 18.9. The molecule has 1 amide bonds. The minimum Gasteiger partial charge on any atom is -0.492 e. The van der Waals surface area contributed by atoms with E-state index in [0.717, 1.165) is 61.8 Å². The Hall–Kier alpha value is -2.74. The number of likely N-dealkylation sites (tertiary alicyclic amines) is 1. The number of rotatable bonds is 6. The fourth-order valence-corrected chi connectivity index (χ4v) is 4.17. The van der Waals surface area contributed by atoms with Crippen LogP contribution in [0.2, 0.25) is 0 Å². The summed E-state index contributed by atoms with van der Waals surface area (Å²) in [4.78, 5) is 25.8. The van der Waals surface area contributed by atoms with E-state index in [1.165, 1.54) is 12.1 Å². The first-order valence-electron chi connectivity index (χ1n) is 10.5. The van der Waals surface area contributed by atoms with Crippen LogP contribution in [0.15, 0.2) is 24.3 Å². The van der Waals surface area contributed by atoms with Gasteiger partial charge in [-0.1, -0.05) is 6.07 Å². The third kappa shape index (κ3) is 4.53. The Balaban J connectivity index is 1.51. The molecule has 1 atom stereocenters. The first-order chi connectivity index (χ1) is 14.5. The second-order valence-corrected chi connectivity index (χ2v) is 7.95. The Labute approximate surface area is 176 Å². The second kappa shape index (κ2) is 8.95. The number of ether oxygens (including phenoxy) is 1. The minimum atomic E-state index is -0.315. The summed E-state index contributed by atoms with van der Waals surface area (Å²) in [5.74, 6) is 1.78. The van der Waals surface area contributed by atoms with Crippen molar-refractivity contribution >= 4 is 11.7 Å². The molecule has 2 aliphatic rings. The lowest BCUT2D eigenvalue weighted by atomic mass is 10.1. The van der Waals surface area contributed by atoms with E-state index < -0.39 is 0 Å². The highest BCUT2D eigenvalue weighted by Crippen LogP contribution is 2.33. The van der Waals surface area contributed by atoms with Gasteiger partial charge in [-0.15, -0.1) is 0 Å². The summed E-state index contributed by atoms with van der Waals surface area (Å²) in [6.07, 6.45) is 2.72. The van der Waals surface area contributed by atoms with Crippen molar-refractivity contribution < 1.29 is 13.9 Å². The Bertz CT molecular complexity index is 922. The highest BCUT2D eigenvalue weighted by Gasteiger charge is 2.32. The van der Waals surface area contributed by atoms with Crippen molar-refractivity contribution in [1.29, 1.82) is 0 Å². The van der Waals surface area contributed by atoms with Crippen molar-refractivity contribution in [2.45, 2.75) is 38.8 Å². The summed E-state index contributed by atoms with van der Waals surface area (Å²) in [5, 5.41) is 3.39. The monoisotopic (exact) mass is 413 g/mol. The van der Waals surface area contributed by atoms with Crippen LogP contribution in [-0.2, 0) is 17.8 Å². The van der Waals surface area contributed by atoms with Crippen molar-refractivity contribution in [3.63, 3.8) is 0 Å². The van der Waals surface area contributed by atoms with E-state index in [-0.39, 0.29) is 17.8 Å². The van der Waals surface area contributed by atoms with Crippen molar-refractivity contribution in [2.75, 3.05) is 38.6 Å². The molecule has 0 radical (unpaired) electrons. The number of likely N-dealkylation sites (N-methyl/N-ethyl adjacent to an activating group) is 1. The fourth-order valence-electron chi connectivity index (χ4n) is 4.17. The average Bonchev–Trinajstić information content (AvgIpc) is 3.21. The molecule has 0 unspecified atom stereocenters. The molecule has 1 aromatic heterocycles. The standard InChI is InChI=1S/C22H28FN5O2/c1-15(29)28-10-4-7-20(28)22-25-19-8-11-27(2)14-18(19)21(26-22)24-9-12-30-17-6-3-5-16(23)13-17/h3,5-6,13,20H,4,7-12,14H2,1-2H3,(H,24,25,26)/t20-/m0/s1. The van der Waals surface area contributed by atoms with E-state index in [0.29, 0.717) is 18.9 Å². The minimum absolute atomic E-state index is 0.0587. The molecule has 8 heteroatoms. The smallest absolute Gasteiger partial charge is 0.220 e. The van der Waals surface area contributed by atoms with Crippen LogP contribution in [0.4, 0.5) is 10.2 Å². The maximum Gasteiger partial charge on any atom is 0.220 e. The molecule has 7 nitrogen and oxygen atoms in total.